The molecule has 0 radical (unpaired) electrons. The van der Waals surface area contributed by atoms with E-state index in [1.165, 1.54) is 23.1 Å². The Labute approximate surface area is 194 Å². The molecule has 0 bridgehead atoms. The molecule has 4 rings (SSSR count). The number of likely N-dealkylation sites (tertiary alicyclic amines) is 1. The van der Waals surface area contributed by atoms with Crippen LogP contribution in [0.4, 0.5) is 0 Å². The van der Waals surface area contributed by atoms with Crippen molar-refractivity contribution in [2.75, 3.05) is 26.2 Å². The Balaban J connectivity index is 1.37. The molecule has 2 aliphatic rings. The van der Waals surface area contributed by atoms with E-state index in [9.17, 15) is 4.79 Å². The first-order valence-electron chi connectivity index (χ1n) is 12.6. The van der Waals surface area contributed by atoms with Crippen molar-refractivity contribution >= 4 is 5.91 Å². The third-order valence-corrected chi connectivity index (χ3v) is 7.21. The summed E-state index contributed by atoms with van der Waals surface area (Å²) < 4.78 is 0. The van der Waals surface area contributed by atoms with Gasteiger partial charge in [0, 0.05) is 37.3 Å². The molecule has 1 amide bonds. The molecule has 2 aromatic rings. The second-order valence-electron chi connectivity index (χ2n) is 9.48. The fourth-order valence-electron chi connectivity index (χ4n) is 5.37. The first-order chi connectivity index (χ1) is 15.7. The minimum Gasteiger partial charge on any atom is -0.334 e. The van der Waals surface area contributed by atoms with Crippen molar-refractivity contribution < 1.29 is 4.79 Å². The third-order valence-electron chi connectivity index (χ3n) is 7.21. The Morgan fingerprint density at radius 3 is 2.72 bits per heavy atom. The van der Waals surface area contributed by atoms with Crippen molar-refractivity contribution in [2.45, 2.75) is 71.0 Å². The Bertz CT molecular complexity index is 882. The zero-order valence-electron chi connectivity index (χ0n) is 19.9. The highest BCUT2D eigenvalue weighted by molar-refractivity contribution is 5.95. The maximum absolute atomic E-state index is 13.4. The molecule has 2 aromatic carbocycles. The van der Waals surface area contributed by atoms with Gasteiger partial charge < -0.3 is 15.1 Å². The normalized spacial score (nSPS) is 20.5. The number of likely N-dealkylation sites (N-methyl/N-ethyl adjacent to an activating group) is 1. The summed E-state index contributed by atoms with van der Waals surface area (Å²) in [6.45, 7) is 9.46. The summed E-state index contributed by atoms with van der Waals surface area (Å²) in [4.78, 5) is 18.0. The number of fused-ring (bicyclic) bond motifs is 1. The predicted octanol–water partition coefficient (Wildman–Crippen LogP) is 4.67. The van der Waals surface area contributed by atoms with Gasteiger partial charge in [0.15, 0.2) is 0 Å². The number of hydrogen-bond acceptors (Lipinski definition) is 3. The van der Waals surface area contributed by atoms with Crippen LogP contribution >= 0.6 is 0 Å². The Hall–Kier alpha value is -2.17. The van der Waals surface area contributed by atoms with Crippen LogP contribution in [0.3, 0.4) is 0 Å². The van der Waals surface area contributed by atoms with Gasteiger partial charge in [0.05, 0.1) is 0 Å². The van der Waals surface area contributed by atoms with Crippen LogP contribution in [0.15, 0.2) is 48.5 Å². The van der Waals surface area contributed by atoms with Crippen molar-refractivity contribution in [1.82, 2.24) is 15.1 Å². The van der Waals surface area contributed by atoms with Gasteiger partial charge in [-0.1, -0.05) is 50.2 Å². The standard InChI is InChI=1S/C28H39N3O/c1-3-16-30(4-2)21-27-11-8-17-31(27)28(32)25-13-12-24-19-26(15-14-23(24)18-25)29-20-22-9-6-5-7-10-22/h5-7,9-10,12-13,18,26-27,29H,3-4,8,11,14-17,19-21H2,1-2H3/t26?,27-/m0/s1. The van der Waals surface area contributed by atoms with Gasteiger partial charge in [-0.25, -0.2) is 0 Å². The number of nitrogens with one attached hydrogen (secondary N) is 1. The summed E-state index contributed by atoms with van der Waals surface area (Å²) in [5.41, 5.74) is 4.98. The van der Waals surface area contributed by atoms with Crippen LogP contribution in [0.2, 0.25) is 0 Å². The van der Waals surface area contributed by atoms with E-state index in [4.69, 9.17) is 0 Å². The quantitative estimate of drug-likeness (QED) is 0.624. The first kappa shape index (κ1) is 23.0. The summed E-state index contributed by atoms with van der Waals surface area (Å²) in [5, 5.41) is 3.72. The second kappa shape index (κ2) is 11.1. The molecule has 1 N–H and O–H groups in total. The van der Waals surface area contributed by atoms with Gasteiger partial charge in [0.25, 0.3) is 5.91 Å². The molecule has 1 saturated heterocycles. The molecule has 1 heterocycles. The van der Waals surface area contributed by atoms with Crippen LogP contribution in [-0.2, 0) is 19.4 Å². The average Bonchev–Trinajstić information content (AvgIpc) is 3.30. The lowest BCUT2D eigenvalue weighted by Gasteiger charge is -2.31. The number of amides is 1. The summed E-state index contributed by atoms with van der Waals surface area (Å²) >= 11 is 0. The van der Waals surface area contributed by atoms with Gasteiger partial charge in [0.1, 0.15) is 0 Å². The van der Waals surface area contributed by atoms with E-state index < -0.39 is 0 Å². The van der Waals surface area contributed by atoms with Gasteiger partial charge in [0.2, 0.25) is 0 Å². The summed E-state index contributed by atoms with van der Waals surface area (Å²) in [6.07, 6.45) is 6.65. The highest BCUT2D eigenvalue weighted by Gasteiger charge is 2.31. The molecule has 1 unspecified atom stereocenters. The molecule has 172 valence electrons. The maximum atomic E-state index is 13.4. The number of aryl methyl sites for hydroxylation is 1. The second-order valence-corrected chi connectivity index (χ2v) is 9.48. The average molecular weight is 434 g/mol. The van der Waals surface area contributed by atoms with Crippen molar-refractivity contribution in [1.29, 1.82) is 0 Å². The molecule has 1 aliphatic carbocycles. The number of nitrogens with zero attached hydrogens (tertiary/aromatic N) is 2. The summed E-state index contributed by atoms with van der Waals surface area (Å²) in [7, 11) is 0. The minimum absolute atomic E-state index is 0.229. The topological polar surface area (TPSA) is 35.6 Å². The van der Waals surface area contributed by atoms with E-state index in [1.807, 2.05) is 0 Å². The zero-order chi connectivity index (χ0) is 22.3. The van der Waals surface area contributed by atoms with Gasteiger partial charge in [-0.05, 0) is 80.4 Å². The fourth-order valence-corrected chi connectivity index (χ4v) is 5.37. The number of carbonyl (C=O) groups excluding carboxylic acids is 1. The van der Waals surface area contributed by atoms with Crippen LogP contribution in [0.25, 0.3) is 0 Å². The molecule has 2 atom stereocenters. The minimum atomic E-state index is 0.229. The zero-order valence-corrected chi connectivity index (χ0v) is 19.9. The van der Waals surface area contributed by atoms with Gasteiger partial charge in [-0.15, -0.1) is 0 Å². The largest absolute Gasteiger partial charge is 0.334 e. The van der Waals surface area contributed by atoms with Crippen LogP contribution in [0, 0.1) is 0 Å². The molecule has 1 aliphatic heterocycles. The van der Waals surface area contributed by atoms with E-state index >= 15 is 0 Å². The van der Waals surface area contributed by atoms with E-state index in [0.29, 0.717) is 12.1 Å². The highest BCUT2D eigenvalue weighted by Crippen LogP contribution is 2.26. The van der Waals surface area contributed by atoms with Gasteiger partial charge in [-0.2, -0.15) is 0 Å². The van der Waals surface area contributed by atoms with E-state index in [2.05, 4.69) is 77.5 Å². The van der Waals surface area contributed by atoms with Crippen LogP contribution < -0.4 is 5.32 Å². The smallest absolute Gasteiger partial charge is 0.254 e. The lowest BCUT2D eigenvalue weighted by atomic mass is 9.87. The Morgan fingerprint density at radius 1 is 1.09 bits per heavy atom. The lowest BCUT2D eigenvalue weighted by molar-refractivity contribution is 0.0701. The van der Waals surface area contributed by atoms with Crippen molar-refractivity contribution in [3.63, 3.8) is 0 Å². The van der Waals surface area contributed by atoms with E-state index in [-0.39, 0.29) is 5.91 Å². The number of rotatable bonds is 9. The monoisotopic (exact) mass is 433 g/mol. The number of benzene rings is 2. The third kappa shape index (κ3) is 5.60. The molecular weight excluding hydrogens is 394 g/mol. The molecule has 32 heavy (non-hydrogen) atoms. The number of hydrogen-bond donors (Lipinski definition) is 1. The fraction of sp³-hybridized carbons (Fsp3) is 0.536. The van der Waals surface area contributed by atoms with Crippen LogP contribution in [-0.4, -0.2) is 54.0 Å². The van der Waals surface area contributed by atoms with Crippen molar-refractivity contribution in [3.8, 4) is 0 Å². The summed E-state index contributed by atoms with van der Waals surface area (Å²) in [5.74, 6) is 0.229. The van der Waals surface area contributed by atoms with Crippen LogP contribution in [0.5, 0.6) is 0 Å². The van der Waals surface area contributed by atoms with Crippen molar-refractivity contribution in [2.24, 2.45) is 0 Å². The highest BCUT2D eigenvalue weighted by atomic mass is 16.2. The maximum Gasteiger partial charge on any atom is 0.254 e. The predicted molar refractivity (Wildman–Crippen MR) is 132 cm³/mol. The molecule has 0 spiro atoms. The molecular formula is C28H39N3O. The van der Waals surface area contributed by atoms with Crippen molar-refractivity contribution in [3.05, 3.63) is 70.8 Å². The Morgan fingerprint density at radius 2 is 1.94 bits per heavy atom. The molecule has 0 saturated carbocycles. The van der Waals surface area contributed by atoms with E-state index in [1.54, 1.807) is 0 Å². The first-order valence-corrected chi connectivity index (χ1v) is 12.6. The van der Waals surface area contributed by atoms with Gasteiger partial charge in [-0.3, -0.25) is 4.79 Å². The SMILES string of the molecule is CCCN(CC)C[C@@H]1CCCN1C(=O)c1ccc2c(c1)CCC(NCc1ccccc1)C2. The van der Waals surface area contributed by atoms with Crippen LogP contribution in [0.1, 0.15) is 66.6 Å². The Kier molecular flexibility index (Phi) is 7.99. The molecule has 4 nitrogen and oxygen atoms in total. The molecule has 4 heteroatoms. The van der Waals surface area contributed by atoms with Gasteiger partial charge >= 0.3 is 0 Å². The number of carbonyl (C=O) groups is 1. The summed E-state index contributed by atoms with van der Waals surface area (Å²) in [6, 6.07) is 17.9. The lowest BCUT2D eigenvalue weighted by Crippen LogP contribution is -2.43. The van der Waals surface area contributed by atoms with E-state index in [0.717, 1.165) is 70.4 Å². The molecule has 1 fully saturated rings. The molecule has 0 aromatic heterocycles.